The quantitative estimate of drug-likeness (QED) is 0.201. The third-order valence-corrected chi connectivity index (χ3v) is 7.51. The Bertz CT molecular complexity index is 1500. The van der Waals surface area contributed by atoms with E-state index in [-0.39, 0.29) is 5.91 Å². The number of rotatable bonds is 9. The Hall–Kier alpha value is -3.87. The van der Waals surface area contributed by atoms with Gasteiger partial charge in [-0.05, 0) is 48.7 Å². The Morgan fingerprint density at radius 2 is 1.47 bits per heavy atom. The standard InChI is InChI=1S/C31H27ClN4OS/c1-22-16-18-25(19-17-22)36-29(34-35-31(36)38-21-24-12-6-3-7-13-24)28(20-23-10-4-2-5-11-23)33-30(37)26-14-8-9-15-27(26)32/h2-19,28H,20-21H2,1H3,(H,33,37). The lowest BCUT2D eigenvalue weighted by Gasteiger charge is -2.21. The number of nitrogens with one attached hydrogen (secondary N) is 1. The second-order valence-corrected chi connectivity index (χ2v) is 10.3. The minimum Gasteiger partial charge on any atom is -0.342 e. The molecule has 1 amide bonds. The van der Waals surface area contributed by atoms with Gasteiger partial charge in [-0.1, -0.05) is 114 Å². The molecule has 1 aromatic heterocycles. The monoisotopic (exact) mass is 538 g/mol. The summed E-state index contributed by atoms with van der Waals surface area (Å²) in [5, 5.41) is 13.6. The first-order valence-electron chi connectivity index (χ1n) is 12.4. The summed E-state index contributed by atoms with van der Waals surface area (Å²) in [7, 11) is 0. The van der Waals surface area contributed by atoms with E-state index in [9.17, 15) is 4.79 Å². The fraction of sp³-hybridized carbons (Fsp3) is 0.129. The van der Waals surface area contributed by atoms with Crippen LogP contribution in [0.15, 0.2) is 114 Å². The molecule has 1 heterocycles. The summed E-state index contributed by atoms with van der Waals surface area (Å²) in [5.74, 6) is 1.15. The highest BCUT2D eigenvalue weighted by Crippen LogP contribution is 2.29. The van der Waals surface area contributed by atoms with E-state index in [1.807, 2.05) is 59.2 Å². The summed E-state index contributed by atoms with van der Waals surface area (Å²) in [6.07, 6.45) is 0.546. The predicted molar refractivity (Wildman–Crippen MR) is 154 cm³/mol. The van der Waals surface area contributed by atoms with Crippen LogP contribution in [0.5, 0.6) is 0 Å². The van der Waals surface area contributed by atoms with Crippen molar-refractivity contribution < 1.29 is 4.79 Å². The molecule has 190 valence electrons. The maximum Gasteiger partial charge on any atom is 0.253 e. The number of benzene rings is 4. The first kappa shape index (κ1) is 25.8. The number of nitrogens with zero attached hydrogens (tertiary/aromatic N) is 3. The Morgan fingerprint density at radius 1 is 0.842 bits per heavy atom. The van der Waals surface area contributed by atoms with Crippen LogP contribution in [0.2, 0.25) is 5.02 Å². The first-order chi connectivity index (χ1) is 18.6. The second kappa shape index (κ2) is 12.1. The maximum atomic E-state index is 13.4. The molecular weight excluding hydrogens is 512 g/mol. The van der Waals surface area contributed by atoms with Gasteiger partial charge in [0.2, 0.25) is 0 Å². The van der Waals surface area contributed by atoms with Crippen molar-refractivity contribution in [2.24, 2.45) is 0 Å². The van der Waals surface area contributed by atoms with Crippen molar-refractivity contribution in [1.82, 2.24) is 20.1 Å². The van der Waals surface area contributed by atoms with Crippen LogP contribution in [0.25, 0.3) is 5.69 Å². The van der Waals surface area contributed by atoms with E-state index in [0.717, 1.165) is 27.7 Å². The summed E-state index contributed by atoms with van der Waals surface area (Å²) in [6.45, 7) is 2.06. The van der Waals surface area contributed by atoms with Gasteiger partial charge in [-0.25, -0.2) is 0 Å². The van der Waals surface area contributed by atoms with Gasteiger partial charge in [0.05, 0.1) is 16.6 Å². The lowest BCUT2D eigenvalue weighted by molar-refractivity contribution is 0.0934. The minimum atomic E-state index is -0.443. The Labute approximate surface area is 231 Å². The van der Waals surface area contributed by atoms with E-state index in [4.69, 9.17) is 11.6 Å². The van der Waals surface area contributed by atoms with Gasteiger partial charge < -0.3 is 5.32 Å². The first-order valence-corrected chi connectivity index (χ1v) is 13.7. The zero-order chi connectivity index (χ0) is 26.3. The number of aromatic nitrogens is 3. The average Bonchev–Trinajstić information content (AvgIpc) is 3.37. The summed E-state index contributed by atoms with van der Waals surface area (Å²) >= 11 is 7.97. The SMILES string of the molecule is Cc1ccc(-n2c(SCc3ccccc3)nnc2C(Cc2ccccc2)NC(=O)c2ccccc2Cl)cc1. The molecular formula is C31H27ClN4OS. The molecule has 7 heteroatoms. The third kappa shape index (κ3) is 6.15. The van der Waals surface area contributed by atoms with Crippen LogP contribution in [0.3, 0.4) is 0 Å². The van der Waals surface area contributed by atoms with Crippen molar-refractivity contribution in [1.29, 1.82) is 0 Å². The highest BCUT2D eigenvalue weighted by molar-refractivity contribution is 7.98. The van der Waals surface area contributed by atoms with Crippen LogP contribution < -0.4 is 5.32 Å². The predicted octanol–water partition coefficient (Wildman–Crippen LogP) is 7.24. The molecule has 0 radical (unpaired) electrons. The van der Waals surface area contributed by atoms with Crippen LogP contribution in [-0.2, 0) is 12.2 Å². The van der Waals surface area contributed by atoms with E-state index < -0.39 is 6.04 Å². The molecule has 4 aromatic carbocycles. The zero-order valence-corrected chi connectivity index (χ0v) is 22.5. The number of aryl methyl sites for hydroxylation is 1. The Kier molecular flexibility index (Phi) is 8.22. The van der Waals surface area contributed by atoms with Gasteiger partial charge in [0.1, 0.15) is 0 Å². The van der Waals surface area contributed by atoms with Gasteiger partial charge in [-0.3, -0.25) is 9.36 Å². The molecule has 1 N–H and O–H groups in total. The number of hydrogen-bond donors (Lipinski definition) is 1. The molecule has 5 rings (SSSR count). The molecule has 1 atom stereocenters. The summed E-state index contributed by atoms with van der Waals surface area (Å²) < 4.78 is 2.05. The number of halogens is 1. The number of carbonyl (C=O) groups excluding carboxylic acids is 1. The fourth-order valence-corrected chi connectivity index (χ4v) is 5.33. The number of hydrogen-bond acceptors (Lipinski definition) is 4. The van der Waals surface area contributed by atoms with Crippen molar-refractivity contribution in [3.05, 3.63) is 142 Å². The van der Waals surface area contributed by atoms with Gasteiger partial charge in [0.25, 0.3) is 5.91 Å². The van der Waals surface area contributed by atoms with Crippen LogP contribution in [0.4, 0.5) is 0 Å². The highest BCUT2D eigenvalue weighted by Gasteiger charge is 2.26. The molecule has 0 saturated heterocycles. The molecule has 1 unspecified atom stereocenters. The molecule has 0 bridgehead atoms. The largest absolute Gasteiger partial charge is 0.342 e. The van der Waals surface area contributed by atoms with Crippen molar-refractivity contribution >= 4 is 29.3 Å². The highest BCUT2D eigenvalue weighted by atomic mass is 35.5. The summed E-state index contributed by atoms with van der Waals surface area (Å²) in [5.41, 5.74) is 4.80. The zero-order valence-electron chi connectivity index (χ0n) is 20.9. The van der Waals surface area contributed by atoms with Crippen LogP contribution in [-0.4, -0.2) is 20.7 Å². The van der Waals surface area contributed by atoms with E-state index in [1.165, 1.54) is 5.56 Å². The van der Waals surface area contributed by atoms with E-state index in [1.54, 1.807) is 30.0 Å². The molecule has 0 saturated carbocycles. The van der Waals surface area contributed by atoms with E-state index in [2.05, 4.69) is 58.8 Å². The van der Waals surface area contributed by atoms with Gasteiger partial charge in [0, 0.05) is 11.4 Å². The summed E-state index contributed by atoms with van der Waals surface area (Å²) in [6, 6.07) is 35.2. The maximum absolute atomic E-state index is 13.4. The van der Waals surface area contributed by atoms with Gasteiger partial charge in [-0.15, -0.1) is 10.2 Å². The van der Waals surface area contributed by atoms with Crippen molar-refractivity contribution in [3.63, 3.8) is 0 Å². The lowest BCUT2D eigenvalue weighted by Crippen LogP contribution is -2.32. The van der Waals surface area contributed by atoms with E-state index in [0.29, 0.717) is 22.8 Å². The molecule has 5 aromatic rings. The second-order valence-electron chi connectivity index (χ2n) is 8.98. The normalized spacial score (nSPS) is 11.7. The number of carbonyl (C=O) groups is 1. The minimum absolute atomic E-state index is 0.256. The molecule has 0 fully saturated rings. The van der Waals surface area contributed by atoms with Gasteiger partial charge in [0.15, 0.2) is 11.0 Å². The Balaban J connectivity index is 1.55. The third-order valence-electron chi connectivity index (χ3n) is 6.18. The smallest absolute Gasteiger partial charge is 0.253 e. The number of thioether (sulfide) groups is 1. The average molecular weight is 539 g/mol. The Morgan fingerprint density at radius 3 is 2.16 bits per heavy atom. The molecule has 38 heavy (non-hydrogen) atoms. The van der Waals surface area contributed by atoms with Crippen molar-refractivity contribution in [3.8, 4) is 5.69 Å². The van der Waals surface area contributed by atoms with Crippen molar-refractivity contribution in [2.45, 2.75) is 30.3 Å². The topological polar surface area (TPSA) is 59.8 Å². The molecule has 0 aliphatic rings. The molecule has 0 aliphatic carbocycles. The molecule has 0 spiro atoms. The van der Waals surface area contributed by atoms with Crippen LogP contribution >= 0.6 is 23.4 Å². The molecule has 0 aliphatic heterocycles. The molecule has 5 nitrogen and oxygen atoms in total. The fourth-order valence-electron chi connectivity index (χ4n) is 4.20. The summed E-state index contributed by atoms with van der Waals surface area (Å²) in [4.78, 5) is 13.4. The van der Waals surface area contributed by atoms with Crippen LogP contribution in [0, 0.1) is 6.92 Å². The number of amides is 1. The van der Waals surface area contributed by atoms with Gasteiger partial charge in [-0.2, -0.15) is 0 Å². The van der Waals surface area contributed by atoms with Gasteiger partial charge >= 0.3 is 0 Å². The lowest BCUT2D eigenvalue weighted by atomic mass is 10.0. The van der Waals surface area contributed by atoms with Crippen LogP contribution in [0.1, 0.15) is 38.9 Å². The van der Waals surface area contributed by atoms with E-state index >= 15 is 0 Å². The van der Waals surface area contributed by atoms with Crippen molar-refractivity contribution in [2.75, 3.05) is 0 Å².